The molecule has 1 saturated heterocycles. The summed E-state index contributed by atoms with van der Waals surface area (Å²) in [6.07, 6.45) is 4.66. The SMILES string of the molecule is Cl.O=[N+]([O-])c1ccc(OCCCN2CCN(c3cccc(Cl)c3)CC2)c(/C=C/c2ccccc2Br)c1. The van der Waals surface area contributed by atoms with Crippen LogP contribution in [-0.4, -0.2) is 49.2 Å². The highest BCUT2D eigenvalue weighted by Crippen LogP contribution is 2.28. The first kappa shape index (κ1) is 28.0. The molecule has 0 radical (unpaired) electrons. The Kier molecular flexibility index (Phi) is 10.6. The average molecular weight is 593 g/mol. The van der Waals surface area contributed by atoms with Crippen LogP contribution in [0.15, 0.2) is 71.2 Å². The summed E-state index contributed by atoms with van der Waals surface area (Å²) in [5.41, 5.74) is 2.88. The lowest BCUT2D eigenvalue weighted by atomic mass is 10.1. The fraction of sp³-hybridized carbons (Fsp3) is 0.259. The van der Waals surface area contributed by atoms with Crippen LogP contribution in [0.25, 0.3) is 12.2 Å². The van der Waals surface area contributed by atoms with E-state index in [1.54, 1.807) is 12.1 Å². The van der Waals surface area contributed by atoms with Gasteiger partial charge in [0.15, 0.2) is 0 Å². The molecule has 3 aromatic rings. The Hall–Kier alpha value is -2.58. The van der Waals surface area contributed by atoms with Gasteiger partial charge in [-0.2, -0.15) is 0 Å². The first-order valence-electron chi connectivity index (χ1n) is 11.6. The van der Waals surface area contributed by atoms with Crippen molar-refractivity contribution in [3.8, 4) is 5.75 Å². The highest BCUT2D eigenvalue weighted by Gasteiger charge is 2.17. The van der Waals surface area contributed by atoms with Crippen molar-refractivity contribution in [2.75, 3.05) is 44.2 Å². The number of ether oxygens (including phenoxy) is 1. The minimum atomic E-state index is -0.386. The predicted molar refractivity (Wildman–Crippen MR) is 154 cm³/mol. The predicted octanol–water partition coefficient (Wildman–Crippen LogP) is 7.19. The molecule has 9 heteroatoms. The molecule has 0 N–H and O–H groups in total. The number of piperazine rings is 1. The van der Waals surface area contributed by atoms with Gasteiger partial charge < -0.3 is 9.64 Å². The van der Waals surface area contributed by atoms with Gasteiger partial charge in [-0.1, -0.05) is 63.9 Å². The van der Waals surface area contributed by atoms with Gasteiger partial charge in [0.1, 0.15) is 5.75 Å². The zero-order valence-corrected chi connectivity index (χ0v) is 22.8. The number of halogens is 3. The van der Waals surface area contributed by atoms with E-state index in [1.807, 2.05) is 54.6 Å². The lowest BCUT2D eigenvalue weighted by molar-refractivity contribution is -0.384. The van der Waals surface area contributed by atoms with E-state index in [2.05, 4.69) is 31.8 Å². The monoisotopic (exact) mass is 591 g/mol. The lowest BCUT2D eigenvalue weighted by Gasteiger charge is -2.36. The number of rotatable bonds is 9. The molecule has 0 aromatic heterocycles. The van der Waals surface area contributed by atoms with Crippen LogP contribution in [0.2, 0.25) is 5.02 Å². The van der Waals surface area contributed by atoms with Crippen molar-refractivity contribution in [3.63, 3.8) is 0 Å². The second-order valence-electron chi connectivity index (χ2n) is 8.34. The van der Waals surface area contributed by atoms with Crippen molar-refractivity contribution in [1.29, 1.82) is 0 Å². The topological polar surface area (TPSA) is 58.9 Å². The first-order valence-corrected chi connectivity index (χ1v) is 12.7. The van der Waals surface area contributed by atoms with E-state index in [9.17, 15) is 10.1 Å². The molecule has 3 aromatic carbocycles. The van der Waals surface area contributed by atoms with Gasteiger partial charge in [0.05, 0.1) is 11.5 Å². The third-order valence-corrected chi connectivity index (χ3v) is 6.93. The molecule has 1 fully saturated rings. The number of nitro groups is 1. The van der Waals surface area contributed by atoms with Gasteiger partial charge in [0.25, 0.3) is 5.69 Å². The zero-order chi connectivity index (χ0) is 24.6. The Balaban J connectivity index is 0.00000361. The molecule has 0 bridgehead atoms. The Morgan fingerprint density at radius 3 is 2.44 bits per heavy atom. The summed E-state index contributed by atoms with van der Waals surface area (Å²) in [4.78, 5) is 15.7. The number of nitro benzene ring substituents is 1. The van der Waals surface area contributed by atoms with Crippen LogP contribution in [0.1, 0.15) is 17.5 Å². The molecule has 0 aliphatic carbocycles. The van der Waals surface area contributed by atoms with Crippen molar-refractivity contribution in [3.05, 3.63) is 97.5 Å². The van der Waals surface area contributed by atoms with Crippen LogP contribution in [0, 0.1) is 10.1 Å². The molecule has 0 spiro atoms. The molecule has 0 saturated carbocycles. The van der Waals surface area contributed by atoms with E-state index in [-0.39, 0.29) is 23.0 Å². The fourth-order valence-corrected chi connectivity index (χ4v) is 4.68. The van der Waals surface area contributed by atoms with E-state index in [0.717, 1.165) is 54.2 Å². The summed E-state index contributed by atoms with van der Waals surface area (Å²) >= 11 is 9.66. The van der Waals surface area contributed by atoms with Gasteiger partial charge in [-0.3, -0.25) is 15.0 Å². The Morgan fingerprint density at radius 2 is 1.72 bits per heavy atom. The smallest absolute Gasteiger partial charge is 0.270 e. The zero-order valence-electron chi connectivity index (χ0n) is 19.7. The van der Waals surface area contributed by atoms with Gasteiger partial charge in [0.2, 0.25) is 0 Å². The van der Waals surface area contributed by atoms with Crippen LogP contribution in [0.4, 0.5) is 11.4 Å². The number of hydrogen-bond acceptors (Lipinski definition) is 5. The quantitative estimate of drug-likeness (QED) is 0.114. The summed E-state index contributed by atoms with van der Waals surface area (Å²) in [5.74, 6) is 0.643. The molecule has 1 aliphatic heterocycles. The Labute approximate surface area is 231 Å². The summed E-state index contributed by atoms with van der Waals surface area (Å²) < 4.78 is 7.01. The molecular weight excluding hydrogens is 565 g/mol. The minimum absolute atomic E-state index is 0. The number of hydrogen-bond donors (Lipinski definition) is 0. The average Bonchev–Trinajstić information content (AvgIpc) is 2.87. The van der Waals surface area contributed by atoms with Crippen molar-refractivity contribution < 1.29 is 9.66 Å². The maximum Gasteiger partial charge on any atom is 0.270 e. The van der Waals surface area contributed by atoms with E-state index in [1.165, 1.54) is 11.8 Å². The molecule has 1 heterocycles. The Bertz CT molecular complexity index is 1200. The third kappa shape index (κ3) is 7.71. The molecule has 6 nitrogen and oxygen atoms in total. The standard InChI is InChI=1S/C27H27BrClN3O3.ClH/c28-26-8-2-1-5-21(26)9-10-22-19-25(32(33)34)11-12-27(22)35-18-4-13-30-14-16-31(17-15-30)24-7-3-6-23(29)20-24;/h1-3,5-12,19-20H,4,13-18H2;1H/b10-9+;. The summed E-state index contributed by atoms with van der Waals surface area (Å²) in [6.45, 7) is 5.40. The van der Waals surface area contributed by atoms with Crippen LogP contribution in [-0.2, 0) is 0 Å². The molecule has 0 unspecified atom stereocenters. The minimum Gasteiger partial charge on any atom is -0.493 e. The van der Waals surface area contributed by atoms with Gasteiger partial charge >= 0.3 is 0 Å². The van der Waals surface area contributed by atoms with Crippen LogP contribution in [0.5, 0.6) is 5.75 Å². The van der Waals surface area contributed by atoms with Crippen LogP contribution < -0.4 is 9.64 Å². The normalized spacial score (nSPS) is 14.0. The molecule has 36 heavy (non-hydrogen) atoms. The molecule has 0 atom stereocenters. The second kappa shape index (κ2) is 13.7. The summed E-state index contributed by atoms with van der Waals surface area (Å²) in [7, 11) is 0. The van der Waals surface area contributed by atoms with Gasteiger partial charge in [-0.25, -0.2) is 0 Å². The lowest BCUT2D eigenvalue weighted by Crippen LogP contribution is -2.46. The van der Waals surface area contributed by atoms with Crippen molar-refractivity contribution in [2.24, 2.45) is 0 Å². The van der Waals surface area contributed by atoms with E-state index >= 15 is 0 Å². The maximum atomic E-state index is 11.3. The molecule has 0 amide bonds. The highest BCUT2D eigenvalue weighted by atomic mass is 79.9. The highest BCUT2D eigenvalue weighted by molar-refractivity contribution is 9.10. The second-order valence-corrected chi connectivity index (χ2v) is 9.64. The number of nitrogens with zero attached hydrogens (tertiary/aromatic N) is 3. The Morgan fingerprint density at radius 1 is 0.972 bits per heavy atom. The van der Waals surface area contributed by atoms with E-state index < -0.39 is 0 Å². The fourth-order valence-electron chi connectivity index (χ4n) is 4.07. The maximum absolute atomic E-state index is 11.3. The number of non-ortho nitro benzene ring substituents is 1. The van der Waals surface area contributed by atoms with Gasteiger partial charge in [-0.15, -0.1) is 12.4 Å². The van der Waals surface area contributed by atoms with Crippen molar-refractivity contribution in [2.45, 2.75) is 6.42 Å². The van der Waals surface area contributed by atoms with Gasteiger partial charge in [-0.05, 0) is 42.3 Å². The molecular formula is C27H28BrCl2N3O3. The number of anilines is 1. The van der Waals surface area contributed by atoms with Crippen molar-refractivity contribution in [1.82, 2.24) is 4.90 Å². The largest absolute Gasteiger partial charge is 0.493 e. The van der Waals surface area contributed by atoms with Crippen LogP contribution in [0.3, 0.4) is 0 Å². The molecule has 1 aliphatic rings. The van der Waals surface area contributed by atoms with Crippen molar-refractivity contribution >= 4 is 63.5 Å². The molecule has 4 rings (SSSR count). The summed E-state index contributed by atoms with van der Waals surface area (Å²) in [6, 6.07) is 20.5. The molecule has 190 valence electrons. The van der Waals surface area contributed by atoms with Gasteiger partial charge in [0, 0.05) is 65.6 Å². The first-order chi connectivity index (χ1) is 17.0. The van der Waals surface area contributed by atoms with E-state index in [4.69, 9.17) is 16.3 Å². The number of benzene rings is 3. The third-order valence-electron chi connectivity index (χ3n) is 5.97. The van der Waals surface area contributed by atoms with Crippen LogP contribution >= 0.6 is 39.9 Å². The summed E-state index contributed by atoms with van der Waals surface area (Å²) in [5, 5.41) is 12.0. The van der Waals surface area contributed by atoms with E-state index in [0.29, 0.717) is 17.9 Å².